The molecule has 0 heterocycles. The van der Waals surface area contributed by atoms with Gasteiger partial charge in [-0.25, -0.2) is 5.84 Å². The number of nitrogens with zero attached hydrogens (tertiary/aromatic N) is 3. The number of anilines is 3. The van der Waals surface area contributed by atoms with E-state index in [-0.39, 0.29) is 11.3 Å². The highest BCUT2D eigenvalue weighted by Gasteiger charge is 2.21. The summed E-state index contributed by atoms with van der Waals surface area (Å²) in [6.07, 6.45) is 3.47. The largest absolute Gasteiger partial charge is 0.492 e. The highest BCUT2D eigenvalue weighted by molar-refractivity contribution is 7.99. The maximum Gasteiger partial charge on any atom is 0.255 e. The van der Waals surface area contributed by atoms with E-state index in [2.05, 4.69) is 47.7 Å². The molecule has 0 spiro atoms. The van der Waals surface area contributed by atoms with Crippen molar-refractivity contribution in [3.05, 3.63) is 71.2 Å². The number of benzene rings is 2. The fourth-order valence-corrected chi connectivity index (χ4v) is 4.03. The molecule has 0 saturated heterocycles. The number of aliphatic imine (C=N–C) groups is 1. The van der Waals surface area contributed by atoms with Crippen LogP contribution in [0.4, 0.5) is 17.1 Å². The molecule has 2 rings (SSSR count). The van der Waals surface area contributed by atoms with Gasteiger partial charge in [0.1, 0.15) is 0 Å². The van der Waals surface area contributed by atoms with E-state index in [1.807, 2.05) is 45.5 Å². The van der Waals surface area contributed by atoms with Crippen LogP contribution in [0.25, 0.3) is 0 Å². The van der Waals surface area contributed by atoms with Crippen molar-refractivity contribution in [3.8, 4) is 5.75 Å². The molecule has 0 aromatic heterocycles. The zero-order valence-electron chi connectivity index (χ0n) is 24.4. The Morgan fingerprint density at radius 2 is 1.82 bits per heavy atom. The lowest BCUT2D eigenvalue weighted by Crippen LogP contribution is -2.37. The molecule has 0 unspecified atom stereocenters. The molecule has 7 N–H and O–H groups in total. The number of amides is 1. The average molecular weight is 555 g/mol. The predicted molar refractivity (Wildman–Crippen MR) is 166 cm³/mol. The number of nitrogens with two attached hydrogens (primary N) is 2. The van der Waals surface area contributed by atoms with E-state index in [4.69, 9.17) is 16.3 Å². The van der Waals surface area contributed by atoms with Gasteiger partial charge in [-0.3, -0.25) is 14.8 Å². The second kappa shape index (κ2) is 13.3. The van der Waals surface area contributed by atoms with Crippen LogP contribution < -0.4 is 36.7 Å². The zero-order chi connectivity index (χ0) is 29.5. The smallest absolute Gasteiger partial charge is 0.255 e. The van der Waals surface area contributed by atoms with E-state index in [0.717, 1.165) is 16.8 Å². The first-order valence-electron chi connectivity index (χ1n) is 12.3. The van der Waals surface area contributed by atoms with E-state index >= 15 is 0 Å². The standard InChI is InChI=1S/C28H42N8O2S/c1-17-11-12-19(13-24(17)36(30)16-21(29)18(2)32-27(31-6)35(7)8)26(37)33-22-14-20(28(3,4)5)15-23(34-39-10)25(22)38-9/h11-16,34H,2,29-30H2,1,3-10H3,(H,31,32)(H,33,37)/b21-16-. The minimum Gasteiger partial charge on any atom is -0.492 e. The molecule has 0 fully saturated rings. The molecule has 11 heteroatoms. The van der Waals surface area contributed by atoms with Crippen molar-refractivity contribution >= 4 is 40.9 Å². The van der Waals surface area contributed by atoms with Crippen LogP contribution in [0.15, 0.2) is 59.5 Å². The first-order valence-corrected chi connectivity index (χ1v) is 13.5. The summed E-state index contributed by atoms with van der Waals surface area (Å²) in [5.74, 6) is 7.19. The lowest BCUT2D eigenvalue weighted by atomic mass is 9.86. The molecule has 0 atom stereocenters. The zero-order valence-corrected chi connectivity index (χ0v) is 25.2. The SMILES string of the molecule is C=C(NC(=NC)N(C)C)/C(N)=C/N(N)c1cc(C(=O)Nc2cc(C(C)(C)C)cc(NSC)c2OC)ccc1C. The van der Waals surface area contributed by atoms with Crippen LogP contribution in [-0.2, 0) is 5.41 Å². The number of aryl methyl sites for hydroxylation is 1. The van der Waals surface area contributed by atoms with Gasteiger partial charge in [-0.2, -0.15) is 0 Å². The number of nitrogens with one attached hydrogen (secondary N) is 3. The van der Waals surface area contributed by atoms with Crippen LogP contribution in [0.1, 0.15) is 42.3 Å². The van der Waals surface area contributed by atoms with Crippen LogP contribution in [-0.4, -0.2) is 51.3 Å². The summed E-state index contributed by atoms with van der Waals surface area (Å²) in [6.45, 7) is 12.2. The molecule has 1 amide bonds. The van der Waals surface area contributed by atoms with Crippen LogP contribution >= 0.6 is 11.9 Å². The van der Waals surface area contributed by atoms with E-state index in [0.29, 0.717) is 40.0 Å². The summed E-state index contributed by atoms with van der Waals surface area (Å²) in [4.78, 5) is 19.4. The molecular formula is C28H42N8O2S. The van der Waals surface area contributed by atoms with Gasteiger partial charge in [0.25, 0.3) is 5.91 Å². The van der Waals surface area contributed by atoms with E-state index in [9.17, 15) is 4.79 Å². The molecule has 212 valence electrons. The lowest BCUT2D eigenvalue weighted by molar-refractivity contribution is 0.102. The molecule has 0 radical (unpaired) electrons. The number of carbonyl (C=O) groups is 1. The third kappa shape index (κ3) is 8.08. The highest BCUT2D eigenvalue weighted by atomic mass is 32.2. The maximum atomic E-state index is 13.4. The van der Waals surface area contributed by atoms with Gasteiger partial charge in [-0.05, 0) is 47.7 Å². The van der Waals surface area contributed by atoms with Gasteiger partial charge in [0, 0.05) is 39.2 Å². The first-order chi connectivity index (χ1) is 18.2. The van der Waals surface area contributed by atoms with Crippen LogP contribution in [0, 0.1) is 6.92 Å². The summed E-state index contributed by atoms with van der Waals surface area (Å²) in [5, 5.41) is 7.44. The highest BCUT2D eigenvalue weighted by Crippen LogP contribution is 2.39. The van der Waals surface area contributed by atoms with E-state index in [1.165, 1.54) is 17.0 Å². The minimum absolute atomic E-state index is 0.140. The van der Waals surface area contributed by atoms with Gasteiger partial charge in [-0.1, -0.05) is 45.4 Å². The summed E-state index contributed by atoms with van der Waals surface area (Å²) < 4.78 is 8.91. The number of hydrogen-bond acceptors (Lipinski definition) is 8. The molecule has 2 aromatic carbocycles. The van der Waals surface area contributed by atoms with Crippen molar-refractivity contribution in [2.45, 2.75) is 33.1 Å². The Labute approximate surface area is 236 Å². The Hall–Kier alpha value is -3.83. The van der Waals surface area contributed by atoms with E-state index < -0.39 is 0 Å². The molecule has 0 saturated carbocycles. The number of rotatable bonds is 9. The van der Waals surface area contributed by atoms with Crippen LogP contribution in [0.5, 0.6) is 5.75 Å². The van der Waals surface area contributed by atoms with Crippen molar-refractivity contribution in [1.29, 1.82) is 0 Å². The third-order valence-electron chi connectivity index (χ3n) is 5.89. The van der Waals surface area contributed by atoms with Gasteiger partial charge in [0.05, 0.1) is 35.6 Å². The van der Waals surface area contributed by atoms with Gasteiger partial charge in [0.15, 0.2) is 11.7 Å². The fraction of sp³-hybridized carbons (Fsp3) is 0.357. The van der Waals surface area contributed by atoms with Gasteiger partial charge < -0.3 is 30.7 Å². The minimum atomic E-state index is -0.304. The van der Waals surface area contributed by atoms with Crippen LogP contribution in [0.3, 0.4) is 0 Å². The number of ether oxygens (including phenoxy) is 1. The molecule has 10 nitrogen and oxygen atoms in total. The molecular weight excluding hydrogens is 512 g/mol. The van der Waals surface area contributed by atoms with Crippen molar-refractivity contribution < 1.29 is 9.53 Å². The second-order valence-electron chi connectivity index (χ2n) is 10.2. The van der Waals surface area contributed by atoms with Crippen LogP contribution in [0.2, 0.25) is 0 Å². The Bertz CT molecular complexity index is 1260. The van der Waals surface area contributed by atoms with Crippen molar-refractivity contribution in [3.63, 3.8) is 0 Å². The summed E-state index contributed by atoms with van der Waals surface area (Å²) in [5.41, 5.74) is 11.1. The molecule has 0 aliphatic carbocycles. The number of guanidine groups is 1. The van der Waals surface area contributed by atoms with Gasteiger partial charge in [-0.15, -0.1) is 0 Å². The monoisotopic (exact) mass is 554 g/mol. The van der Waals surface area contributed by atoms with E-state index in [1.54, 1.807) is 37.4 Å². The maximum absolute atomic E-state index is 13.4. The molecule has 0 bridgehead atoms. The summed E-state index contributed by atoms with van der Waals surface area (Å²) in [6, 6.07) is 9.27. The van der Waals surface area contributed by atoms with Gasteiger partial charge in [0.2, 0.25) is 0 Å². The Morgan fingerprint density at radius 1 is 1.18 bits per heavy atom. The van der Waals surface area contributed by atoms with Gasteiger partial charge >= 0.3 is 0 Å². The predicted octanol–water partition coefficient (Wildman–Crippen LogP) is 4.37. The number of hydrazine groups is 1. The quantitative estimate of drug-likeness (QED) is 0.0765. The Balaban J connectivity index is 2.39. The van der Waals surface area contributed by atoms with Crippen molar-refractivity contribution in [2.75, 3.05) is 49.6 Å². The Kier molecular flexibility index (Phi) is 10.7. The molecule has 0 aliphatic rings. The average Bonchev–Trinajstić information content (AvgIpc) is 2.86. The normalized spacial score (nSPS) is 12.1. The first kappa shape index (κ1) is 31.4. The molecule has 0 aliphatic heterocycles. The fourth-order valence-electron chi connectivity index (χ4n) is 3.66. The topological polar surface area (TPSA) is 133 Å². The van der Waals surface area contributed by atoms with Crippen molar-refractivity contribution in [2.24, 2.45) is 16.6 Å². The molecule has 39 heavy (non-hydrogen) atoms. The summed E-state index contributed by atoms with van der Waals surface area (Å²) >= 11 is 1.45. The number of methoxy groups -OCH3 is 1. The third-order valence-corrected chi connectivity index (χ3v) is 6.32. The number of hydrogen-bond donors (Lipinski definition) is 5. The van der Waals surface area contributed by atoms with Crippen molar-refractivity contribution in [1.82, 2.24) is 10.2 Å². The molecule has 2 aromatic rings. The summed E-state index contributed by atoms with van der Waals surface area (Å²) in [7, 11) is 6.95. The number of carbonyl (C=O) groups excluding carboxylic acids is 1. The lowest BCUT2D eigenvalue weighted by Gasteiger charge is -2.24. The second-order valence-corrected chi connectivity index (χ2v) is 10.8. The Morgan fingerprint density at radius 3 is 2.36 bits per heavy atom.